The van der Waals surface area contributed by atoms with Crippen LogP contribution < -0.4 is 71.7 Å². The van der Waals surface area contributed by atoms with Gasteiger partial charge in [0.2, 0.25) is 10.9 Å². The number of unbranched alkanes of at least 4 members (excludes halogenated alkanes) is 2. The third-order valence-electron chi connectivity index (χ3n) is 14.0. The molecule has 8 rings (SSSR count). The standard InChI is InChI=1S/C33H44N2O5.C23H25BrO3.C10H19N2O2.CH4.BF3.K/c1-8-9-18-38-28-20-29-27(19-26(28)22(2)3)31(36)30(23(4)39-29)25-12-10-24(11-13-25)21-34-14-16-35(17-15-34)32(37)40-33(5,6)7;1-5-6-11-26-20-13-21-19(12-18(20)14(2)3)23(25)22(15(4)27-21)16-7-9-17(24)10-8-16;1-10(2,3)14-9(13)12-7-5-11(4)6-8-12;;2-1(3)4;/h10-13,19-20,22H,8-9,14-18,21H2,1-7H3;7-10,12-14H,5-6,11H2,1-4H3;4-8H2,1-3H3;1H4;;/q;;-1;;;+1. The Morgan fingerprint density at radius 3 is 1.32 bits per heavy atom. The number of benzene rings is 4. The average Bonchev–Trinajstić information content (AvgIpc) is 2.47. The maximum Gasteiger partial charge on any atom is 1.00 e. The molecule has 4 heterocycles. The molecule has 6 aromatic rings. The molecule has 0 aliphatic carbocycles. The van der Waals surface area contributed by atoms with E-state index in [1.54, 1.807) is 9.80 Å². The first-order valence-electron chi connectivity index (χ1n) is 29.5. The van der Waals surface area contributed by atoms with Crippen molar-refractivity contribution in [2.24, 2.45) is 0 Å². The number of hydrogen-bond acceptors (Lipinski definition) is 12. The number of hydrogen-bond donors (Lipinski definition) is 0. The number of amides is 2. The molecule has 0 bridgehead atoms. The van der Waals surface area contributed by atoms with E-state index in [-0.39, 0.29) is 93.7 Å². The summed E-state index contributed by atoms with van der Waals surface area (Å²) < 4.78 is 65.0. The maximum atomic E-state index is 13.7. The fourth-order valence-electron chi connectivity index (χ4n) is 9.50. The summed E-state index contributed by atoms with van der Waals surface area (Å²) >= 11 is 3.44. The van der Waals surface area contributed by atoms with Crippen LogP contribution in [0.15, 0.2) is 95.7 Å². The van der Waals surface area contributed by atoms with Gasteiger partial charge in [0.1, 0.15) is 45.4 Å². The summed E-state index contributed by atoms with van der Waals surface area (Å²) in [6.07, 6.45) is 3.66. The van der Waals surface area contributed by atoms with Crippen molar-refractivity contribution in [2.75, 3.05) is 65.6 Å². The Bertz CT molecular complexity index is 3260. The molecule has 2 aliphatic heterocycles. The van der Waals surface area contributed by atoms with Gasteiger partial charge in [-0.3, -0.25) is 34.5 Å². The van der Waals surface area contributed by atoms with E-state index in [4.69, 9.17) is 27.8 Å². The van der Waals surface area contributed by atoms with Crippen LogP contribution in [0.25, 0.3) is 44.2 Å². The fraction of sp³-hybridized carbons (Fsp3) is 0.507. The molecule has 2 aromatic heterocycles. The van der Waals surface area contributed by atoms with Gasteiger partial charge in [0.05, 0.1) is 35.1 Å². The van der Waals surface area contributed by atoms with Crippen molar-refractivity contribution in [2.45, 2.75) is 160 Å². The molecule has 4 aromatic carbocycles. The number of carbonyl (C=O) groups excluding carboxylic acids is 2. The summed E-state index contributed by atoms with van der Waals surface area (Å²) in [6, 6.07) is 23.5. The molecule has 0 saturated carbocycles. The minimum absolute atomic E-state index is 0. The number of fused-ring (bicyclic) bond motifs is 2. The number of piperazine rings is 2. The average molecular weight is 1300 g/mol. The number of rotatable bonds is 14. The van der Waals surface area contributed by atoms with Gasteiger partial charge in [-0.15, -0.1) is 0 Å². The maximum absolute atomic E-state index is 13.7. The first kappa shape index (κ1) is 76.6. The van der Waals surface area contributed by atoms with Crippen molar-refractivity contribution in [3.05, 3.63) is 133 Å². The molecule has 0 spiro atoms. The molecule has 20 heteroatoms. The topological polar surface area (TPSA) is 144 Å². The van der Waals surface area contributed by atoms with E-state index in [0.717, 1.165) is 102 Å². The van der Waals surface area contributed by atoms with Gasteiger partial charge in [-0.2, -0.15) is 0 Å². The van der Waals surface area contributed by atoms with E-state index in [1.165, 1.54) is 0 Å². The molecular formula is C67H92BBrF3KN4O10. The Morgan fingerprint density at radius 1 is 0.621 bits per heavy atom. The van der Waals surface area contributed by atoms with Crippen LogP contribution in [0.1, 0.15) is 156 Å². The first-order chi connectivity index (χ1) is 40.0. The number of nitrogens with zero attached hydrogens (tertiary/aromatic N) is 4. The largest absolute Gasteiger partial charge is 1.00 e. The van der Waals surface area contributed by atoms with Gasteiger partial charge in [0.25, 0.3) is 0 Å². The summed E-state index contributed by atoms with van der Waals surface area (Å²) in [5.41, 5.74) is 6.36. The van der Waals surface area contributed by atoms with Crippen molar-refractivity contribution >= 4 is 57.6 Å². The second kappa shape index (κ2) is 35.7. The van der Waals surface area contributed by atoms with Crippen LogP contribution >= 0.6 is 15.9 Å². The quantitative estimate of drug-likeness (QED) is 0.0581. The van der Waals surface area contributed by atoms with Gasteiger partial charge < -0.3 is 42.5 Å². The van der Waals surface area contributed by atoms with Crippen molar-refractivity contribution in [3.8, 4) is 33.8 Å². The van der Waals surface area contributed by atoms with Crippen molar-refractivity contribution in [1.29, 1.82) is 0 Å². The predicted octanol–water partition coefficient (Wildman–Crippen LogP) is 13.8. The van der Waals surface area contributed by atoms with Crippen LogP contribution in [0.3, 0.4) is 0 Å². The van der Waals surface area contributed by atoms with Gasteiger partial charge in [-0.1, -0.05) is 114 Å². The minimum Gasteiger partial charge on any atom is -0.493 e. The zero-order valence-corrected chi connectivity index (χ0v) is 58.1. The van der Waals surface area contributed by atoms with Crippen LogP contribution in [-0.2, 0) is 16.0 Å². The van der Waals surface area contributed by atoms with Gasteiger partial charge in [-0.05, 0) is 145 Å². The molecular weight excluding hydrogens is 1210 g/mol. The smallest absolute Gasteiger partial charge is 0.493 e. The van der Waals surface area contributed by atoms with Crippen LogP contribution in [-0.4, -0.2) is 116 Å². The fourth-order valence-corrected chi connectivity index (χ4v) is 9.76. The predicted molar refractivity (Wildman–Crippen MR) is 346 cm³/mol. The normalized spacial score (nSPS) is 13.7. The Kier molecular flexibility index (Phi) is 31.4. The van der Waals surface area contributed by atoms with E-state index in [9.17, 15) is 32.1 Å². The minimum atomic E-state index is -3.67. The van der Waals surface area contributed by atoms with Crippen LogP contribution in [0.5, 0.6) is 11.5 Å². The third-order valence-corrected chi connectivity index (χ3v) is 14.5. The SMILES string of the molecule is C.CCCCOc1cc2oc(C)c(-c3ccc(Br)cc3)c(=O)c2cc1C(C)C.CCCCOc1cc2oc(C)c(-c3ccc(CN4CCN(C(=O)OC(C)(C)C)CC4)cc3)c(=O)c2cc1C(C)C.FB(F)F.[CH2-]N1CCN(C(=O)OC(C)(C)C)CC1.[K+]. The van der Waals surface area contributed by atoms with Crippen LogP contribution in [0.2, 0.25) is 0 Å². The second-order valence-corrected chi connectivity index (χ2v) is 24.9. The van der Waals surface area contributed by atoms with Crippen molar-refractivity contribution < 1.29 is 102 Å². The molecule has 14 nitrogen and oxygen atoms in total. The van der Waals surface area contributed by atoms with E-state index in [2.05, 4.69) is 81.6 Å². The molecule has 0 N–H and O–H groups in total. The number of carbonyl (C=O) groups is 2. The summed E-state index contributed by atoms with van der Waals surface area (Å²) in [6.45, 7) is 35.7. The zero-order chi connectivity index (χ0) is 62.9. The van der Waals surface area contributed by atoms with E-state index in [0.29, 0.717) is 84.0 Å². The molecule has 0 unspecified atom stereocenters. The van der Waals surface area contributed by atoms with Crippen molar-refractivity contribution in [1.82, 2.24) is 19.6 Å². The molecule has 2 fully saturated rings. The Morgan fingerprint density at radius 2 is 0.977 bits per heavy atom. The van der Waals surface area contributed by atoms with Gasteiger partial charge in [-0.25, -0.2) is 9.59 Å². The monoisotopic (exact) mass is 1300 g/mol. The van der Waals surface area contributed by atoms with E-state index >= 15 is 0 Å². The van der Waals surface area contributed by atoms with E-state index in [1.807, 2.05) is 121 Å². The molecule has 2 amide bonds. The van der Waals surface area contributed by atoms with E-state index < -0.39 is 18.7 Å². The summed E-state index contributed by atoms with van der Waals surface area (Å²) in [7, 11) is 0.154. The van der Waals surface area contributed by atoms with Crippen LogP contribution in [0, 0.1) is 20.9 Å². The molecule has 2 aliphatic rings. The summed E-state index contributed by atoms with van der Waals surface area (Å²) in [5, 5.41) is 1.18. The van der Waals surface area contributed by atoms with Gasteiger partial charge >= 0.3 is 71.1 Å². The Balaban J connectivity index is 0.000000362. The second-order valence-electron chi connectivity index (χ2n) is 24.0. The molecule has 0 radical (unpaired) electrons. The van der Waals surface area contributed by atoms with Gasteiger partial charge in [0, 0.05) is 62.4 Å². The molecule has 472 valence electrons. The van der Waals surface area contributed by atoms with Gasteiger partial charge in [0.15, 0.2) is 0 Å². The third kappa shape index (κ3) is 23.6. The zero-order valence-electron chi connectivity index (χ0n) is 53.4. The molecule has 87 heavy (non-hydrogen) atoms. The van der Waals surface area contributed by atoms with Crippen molar-refractivity contribution in [3.63, 3.8) is 0 Å². The van der Waals surface area contributed by atoms with Crippen LogP contribution in [0.4, 0.5) is 22.5 Å². The molecule has 0 atom stereocenters. The first-order valence-corrected chi connectivity index (χ1v) is 30.3. The summed E-state index contributed by atoms with van der Waals surface area (Å²) in [4.78, 5) is 58.7. The number of ether oxygens (including phenoxy) is 4. The molecule has 2 saturated heterocycles. The Labute approximate surface area is 565 Å². The summed E-state index contributed by atoms with van der Waals surface area (Å²) in [5.74, 6) is 3.29. The number of aryl methyl sites for hydroxylation is 2. The number of halogens is 4. The Hall–Kier alpha value is -4.67.